The Morgan fingerprint density at radius 2 is 1.85 bits per heavy atom. The standard InChI is InChI=1S/C29H34N4O/c1-28-13-11-21(34-32-16-15-30-18-32)17-20(28)7-8-22-23-9-10-27(29(23,2)14-12-24(22)28)33-19-31-25-5-3-4-6-26(25)33/h3-7,10,15-16,18-19,21-24H,8-9,11-14,17H2,1-2H3/t21-,22?,23?,24?,28?,29-/m0/s1. The lowest BCUT2D eigenvalue weighted by atomic mass is 9.48. The van der Waals surface area contributed by atoms with E-state index in [1.807, 2.05) is 6.20 Å². The number of nitrogens with zero attached hydrogens (tertiary/aromatic N) is 4. The molecule has 34 heavy (non-hydrogen) atoms. The molecule has 4 aliphatic rings. The number of fused-ring (bicyclic) bond motifs is 6. The van der Waals surface area contributed by atoms with Gasteiger partial charge in [0.1, 0.15) is 18.8 Å². The molecule has 176 valence electrons. The van der Waals surface area contributed by atoms with Crippen LogP contribution in [0.4, 0.5) is 0 Å². The Labute approximate surface area is 201 Å². The molecule has 0 saturated heterocycles. The molecule has 4 unspecified atom stereocenters. The molecule has 0 spiro atoms. The SMILES string of the molecule is CC12CC[C@H](On3ccnc3)CC1=CCC1C2CC[C@]2(C)C(n3cnc4ccccc43)=CCC12. The lowest BCUT2D eigenvalue weighted by molar-refractivity contribution is -0.0424. The predicted molar refractivity (Wildman–Crippen MR) is 134 cm³/mol. The van der Waals surface area contributed by atoms with Crippen LogP contribution in [-0.2, 0) is 0 Å². The lowest BCUT2D eigenvalue weighted by Gasteiger charge is -2.57. The zero-order valence-corrected chi connectivity index (χ0v) is 20.2. The maximum absolute atomic E-state index is 6.20. The van der Waals surface area contributed by atoms with Crippen LogP contribution in [0.5, 0.6) is 0 Å². The third-order valence-electron chi connectivity index (χ3n) is 10.1. The third-order valence-corrected chi connectivity index (χ3v) is 10.1. The van der Waals surface area contributed by atoms with Gasteiger partial charge in [-0.1, -0.05) is 43.7 Å². The van der Waals surface area contributed by atoms with Crippen molar-refractivity contribution < 1.29 is 4.84 Å². The molecule has 6 atom stereocenters. The summed E-state index contributed by atoms with van der Waals surface area (Å²) in [7, 11) is 0. The number of imidazole rings is 2. The van der Waals surface area contributed by atoms with Crippen molar-refractivity contribution in [1.82, 2.24) is 19.3 Å². The van der Waals surface area contributed by atoms with Gasteiger partial charge in [-0.25, -0.2) is 9.97 Å². The van der Waals surface area contributed by atoms with Gasteiger partial charge in [0.05, 0.1) is 17.2 Å². The molecule has 0 radical (unpaired) electrons. The van der Waals surface area contributed by atoms with Gasteiger partial charge in [0.15, 0.2) is 0 Å². The highest BCUT2D eigenvalue weighted by Crippen LogP contribution is 2.65. The fourth-order valence-corrected chi connectivity index (χ4v) is 8.27. The second-order valence-corrected chi connectivity index (χ2v) is 11.5. The largest absolute Gasteiger partial charge is 0.409 e. The molecule has 4 aliphatic carbocycles. The van der Waals surface area contributed by atoms with E-state index in [9.17, 15) is 0 Å². The summed E-state index contributed by atoms with van der Waals surface area (Å²) in [5.74, 6) is 2.27. The van der Waals surface area contributed by atoms with Gasteiger partial charge in [-0.3, -0.25) is 0 Å². The Bertz CT molecular complexity index is 1290. The highest BCUT2D eigenvalue weighted by molar-refractivity contribution is 5.80. The normalized spacial score (nSPS) is 36.9. The van der Waals surface area contributed by atoms with E-state index < -0.39 is 0 Å². The van der Waals surface area contributed by atoms with E-state index in [1.165, 1.54) is 43.3 Å². The molecule has 5 nitrogen and oxygen atoms in total. The number of allylic oxidation sites excluding steroid dienone is 3. The van der Waals surface area contributed by atoms with E-state index in [0.29, 0.717) is 5.41 Å². The maximum Gasteiger partial charge on any atom is 0.131 e. The first-order chi connectivity index (χ1) is 16.6. The number of para-hydroxylation sites is 2. The molecular formula is C29H34N4O. The summed E-state index contributed by atoms with van der Waals surface area (Å²) >= 11 is 0. The van der Waals surface area contributed by atoms with Crippen LogP contribution in [0.2, 0.25) is 0 Å². The van der Waals surface area contributed by atoms with Crippen LogP contribution in [0.25, 0.3) is 16.7 Å². The minimum Gasteiger partial charge on any atom is -0.409 e. The van der Waals surface area contributed by atoms with E-state index >= 15 is 0 Å². The molecule has 0 N–H and O–H groups in total. The number of benzene rings is 1. The summed E-state index contributed by atoms with van der Waals surface area (Å²) in [5, 5.41) is 0. The van der Waals surface area contributed by atoms with E-state index in [4.69, 9.17) is 9.82 Å². The van der Waals surface area contributed by atoms with Gasteiger partial charge in [-0.15, -0.1) is 0 Å². The lowest BCUT2D eigenvalue weighted by Crippen LogP contribution is -2.50. The number of hydrogen-bond acceptors (Lipinski definition) is 3. The topological polar surface area (TPSA) is 44.9 Å². The first kappa shape index (κ1) is 20.5. The monoisotopic (exact) mass is 454 g/mol. The summed E-state index contributed by atoms with van der Waals surface area (Å²) in [6.07, 6.45) is 21.3. The molecule has 1 aromatic carbocycles. The quantitative estimate of drug-likeness (QED) is 0.446. The van der Waals surface area contributed by atoms with Crippen LogP contribution in [0.15, 0.2) is 67.0 Å². The zero-order chi connectivity index (χ0) is 22.9. The second kappa shape index (κ2) is 7.34. The van der Waals surface area contributed by atoms with Gasteiger partial charge >= 0.3 is 0 Å². The van der Waals surface area contributed by atoms with Crippen LogP contribution < -0.4 is 4.84 Å². The van der Waals surface area contributed by atoms with E-state index in [-0.39, 0.29) is 11.5 Å². The Morgan fingerprint density at radius 1 is 0.971 bits per heavy atom. The van der Waals surface area contributed by atoms with Crippen molar-refractivity contribution in [2.24, 2.45) is 28.6 Å². The number of aromatic nitrogens is 4. The third kappa shape index (κ3) is 2.85. The summed E-state index contributed by atoms with van der Waals surface area (Å²) < 4.78 is 4.16. The summed E-state index contributed by atoms with van der Waals surface area (Å²) in [6, 6.07) is 8.56. The first-order valence-electron chi connectivity index (χ1n) is 13.0. The Balaban J connectivity index is 1.16. The Morgan fingerprint density at radius 3 is 2.74 bits per heavy atom. The van der Waals surface area contributed by atoms with Crippen molar-refractivity contribution >= 4 is 16.7 Å². The van der Waals surface area contributed by atoms with Crippen molar-refractivity contribution in [1.29, 1.82) is 0 Å². The van der Waals surface area contributed by atoms with Gasteiger partial charge in [-0.2, -0.15) is 4.73 Å². The molecule has 0 aliphatic heterocycles. The smallest absolute Gasteiger partial charge is 0.131 e. The Hall–Kier alpha value is -2.82. The summed E-state index contributed by atoms with van der Waals surface area (Å²) in [4.78, 5) is 15.0. The van der Waals surface area contributed by atoms with Crippen LogP contribution in [0.3, 0.4) is 0 Å². The van der Waals surface area contributed by atoms with E-state index in [2.05, 4.69) is 66.1 Å². The predicted octanol–water partition coefficient (Wildman–Crippen LogP) is 6.14. The molecule has 2 aromatic heterocycles. The zero-order valence-electron chi connectivity index (χ0n) is 20.2. The van der Waals surface area contributed by atoms with Crippen molar-refractivity contribution in [2.45, 2.75) is 64.9 Å². The number of hydrogen-bond donors (Lipinski definition) is 0. The second-order valence-electron chi connectivity index (χ2n) is 11.5. The molecule has 2 saturated carbocycles. The Kier molecular flexibility index (Phi) is 4.43. The molecule has 7 rings (SSSR count). The fraction of sp³-hybridized carbons (Fsp3) is 0.517. The highest BCUT2D eigenvalue weighted by atomic mass is 16.7. The minimum absolute atomic E-state index is 0.230. The molecule has 5 heteroatoms. The van der Waals surface area contributed by atoms with Crippen molar-refractivity contribution in [3.8, 4) is 0 Å². The molecule has 0 bridgehead atoms. The first-order valence-corrected chi connectivity index (χ1v) is 13.0. The highest BCUT2D eigenvalue weighted by Gasteiger charge is 2.57. The summed E-state index contributed by atoms with van der Waals surface area (Å²) in [6.45, 7) is 5.11. The van der Waals surface area contributed by atoms with Crippen LogP contribution in [-0.4, -0.2) is 25.4 Å². The van der Waals surface area contributed by atoms with Crippen molar-refractivity contribution in [3.05, 3.63) is 67.0 Å². The van der Waals surface area contributed by atoms with Gasteiger partial charge in [-0.05, 0) is 73.8 Å². The maximum atomic E-state index is 6.20. The fourth-order valence-electron chi connectivity index (χ4n) is 8.27. The van der Waals surface area contributed by atoms with Gasteiger partial charge in [0.25, 0.3) is 0 Å². The van der Waals surface area contributed by atoms with Crippen molar-refractivity contribution in [3.63, 3.8) is 0 Å². The summed E-state index contributed by atoms with van der Waals surface area (Å²) in [5.41, 5.74) is 6.03. The van der Waals surface area contributed by atoms with Crippen LogP contribution >= 0.6 is 0 Å². The van der Waals surface area contributed by atoms with Gasteiger partial charge < -0.3 is 9.40 Å². The average molecular weight is 455 g/mol. The van der Waals surface area contributed by atoms with E-state index in [0.717, 1.165) is 36.1 Å². The van der Waals surface area contributed by atoms with E-state index in [1.54, 1.807) is 22.8 Å². The molecule has 3 aromatic rings. The average Bonchev–Trinajstić information content (AvgIpc) is 3.57. The van der Waals surface area contributed by atoms with Crippen molar-refractivity contribution in [2.75, 3.05) is 0 Å². The van der Waals surface area contributed by atoms with Gasteiger partial charge in [0.2, 0.25) is 0 Å². The van der Waals surface area contributed by atoms with Crippen LogP contribution in [0, 0.1) is 28.6 Å². The molecule has 2 heterocycles. The minimum atomic E-state index is 0.230. The van der Waals surface area contributed by atoms with Crippen LogP contribution in [0.1, 0.15) is 58.8 Å². The van der Waals surface area contributed by atoms with Gasteiger partial charge in [0, 0.05) is 23.7 Å². The molecule has 2 fully saturated rings. The number of rotatable bonds is 3. The molecule has 0 amide bonds. The molecular weight excluding hydrogens is 420 g/mol.